The first-order chi connectivity index (χ1) is 12.2. The van der Waals surface area contributed by atoms with Crippen LogP contribution in [0.2, 0.25) is 0 Å². The average molecular weight is 335 g/mol. The summed E-state index contributed by atoms with van der Waals surface area (Å²) in [5.74, 6) is 5.39. The van der Waals surface area contributed by atoms with E-state index in [1.165, 1.54) is 0 Å². The van der Waals surface area contributed by atoms with Crippen molar-refractivity contribution >= 4 is 5.91 Å². The summed E-state index contributed by atoms with van der Waals surface area (Å²) in [6, 6.07) is 18.7. The number of hydrogen-bond acceptors (Lipinski definition) is 3. The number of carbonyl (C=O) groups is 1. The predicted octanol–water partition coefficient (Wildman–Crippen LogP) is 2.39. The quantitative estimate of drug-likeness (QED) is 0.876. The average Bonchev–Trinajstić information content (AvgIpc) is 2.68. The van der Waals surface area contributed by atoms with Gasteiger partial charge in [0, 0.05) is 24.4 Å². The normalized spacial score (nSPS) is 18.1. The lowest BCUT2D eigenvalue weighted by atomic mass is 10.0. The molecular weight excluding hydrogens is 314 g/mol. The Hall–Kier alpha value is -2.61. The molecule has 3 rings (SSSR count). The summed E-state index contributed by atoms with van der Waals surface area (Å²) in [6.07, 6.45) is -0.201. The van der Waals surface area contributed by atoms with Crippen LogP contribution < -0.4 is 0 Å². The molecule has 2 aromatic carbocycles. The topological polar surface area (TPSA) is 49.8 Å². The first-order valence-electron chi connectivity index (χ1n) is 8.42. The van der Waals surface area contributed by atoms with Crippen molar-refractivity contribution < 1.29 is 14.6 Å². The number of hydrogen-bond donors (Lipinski definition) is 1. The molecular formula is C21H21NO3. The molecule has 1 saturated heterocycles. The third-order valence-corrected chi connectivity index (χ3v) is 4.26. The molecule has 2 atom stereocenters. The van der Waals surface area contributed by atoms with Crippen LogP contribution in [0.5, 0.6) is 0 Å². The first kappa shape index (κ1) is 17.2. The summed E-state index contributed by atoms with van der Waals surface area (Å²) in [4.78, 5) is 14.2. The summed E-state index contributed by atoms with van der Waals surface area (Å²) >= 11 is 0. The minimum Gasteiger partial charge on any atom is -0.388 e. The van der Waals surface area contributed by atoms with E-state index in [2.05, 4.69) is 11.8 Å². The molecule has 1 amide bonds. The number of carbonyl (C=O) groups excluding carboxylic acids is 1. The number of nitrogens with zero attached hydrogens (tertiary/aromatic N) is 1. The van der Waals surface area contributed by atoms with Crippen molar-refractivity contribution in [1.29, 1.82) is 0 Å². The maximum Gasteiger partial charge on any atom is 0.299 e. The highest BCUT2D eigenvalue weighted by Gasteiger charge is 2.28. The van der Waals surface area contributed by atoms with E-state index in [0.29, 0.717) is 26.2 Å². The van der Waals surface area contributed by atoms with Crippen LogP contribution in [0.1, 0.15) is 23.7 Å². The highest BCUT2D eigenvalue weighted by Crippen LogP contribution is 2.22. The Bertz CT molecular complexity index is 749. The van der Waals surface area contributed by atoms with E-state index in [9.17, 15) is 9.90 Å². The smallest absolute Gasteiger partial charge is 0.299 e. The van der Waals surface area contributed by atoms with E-state index in [-0.39, 0.29) is 11.9 Å². The lowest BCUT2D eigenvalue weighted by Crippen LogP contribution is -2.48. The summed E-state index contributed by atoms with van der Waals surface area (Å²) in [5, 5.41) is 10.5. The monoisotopic (exact) mass is 335 g/mol. The molecule has 4 heteroatoms. The molecule has 2 aromatic rings. The standard InChI is InChI=1S/C21H21NO3/c23-20(18-9-5-2-6-10-18)15-19-16-25-14-13-22(19)21(24)12-11-17-7-3-1-4-8-17/h1-10,19-20,23H,13-16H2. The summed E-state index contributed by atoms with van der Waals surface area (Å²) in [6.45, 7) is 1.41. The fourth-order valence-electron chi connectivity index (χ4n) is 2.91. The van der Waals surface area contributed by atoms with Gasteiger partial charge in [0.1, 0.15) is 0 Å². The van der Waals surface area contributed by atoms with E-state index >= 15 is 0 Å². The second-order valence-electron chi connectivity index (χ2n) is 6.01. The highest BCUT2D eigenvalue weighted by molar-refractivity contribution is 5.94. The third kappa shape index (κ3) is 4.69. The van der Waals surface area contributed by atoms with E-state index in [1.54, 1.807) is 4.90 Å². The zero-order valence-electron chi connectivity index (χ0n) is 14.0. The van der Waals surface area contributed by atoms with Gasteiger partial charge in [-0.3, -0.25) is 4.79 Å². The molecule has 1 heterocycles. The van der Waals surface area contributed by atoms with Crippen LogP contribution in [0.3, 0.4) is 0 Å². The van der Waals surface area contributed by atoms with Gasteiger partial charge in [0.2, 0.25) is 0 Å². The Labute approximate surface area is 148 Å². The van der Waals surface area contributed by atoms with Crippen molar-refractivity contribution in [3.63, 3.8) is 0 Å². The second kappa shape index (κ2) is 8.48. The van der Waals surface area contributed by atoms with Gasteiger partial charge in [0.05, 0.1) is 25.4 Å². The number of ether oxygens (including phenoxy) is 1. The van der Waals surface area contributed by atoms with Gasteiger partial charge >= 0.3 is 0 Å². The van der Waals surface area contributed by atoms with Crippen molar-refractivity contribution in [2.75, 3.05) is 19.8 Å². The molecule has 1 aliphatic rings. The van der Waals surface area contributed by atoms with Crippen LogP contribution in [0.4, 0.5) is 0 Å². The summed E-state index contributed by atoms with van der Waals surface area (Å²) in [7, 11) is 0. The lowest BCUT2D eigenvalue weighted by molar-refractivity contribution is -0.134. The number of aliphatic hydroxyl groups is 1. The molecule has 0 radical (unpaired) electrons. The largest absolute Gasteiger partial charge is 0.388 e. The van der Waals surface area contributed by atoms with E-state index < -0.39 is 6.10 Å². The maximum absolute atomic E-state index is 12.5. The van der Waals surface area contributed by atoms with Crippen LogP contribution in [0.25, 0.3) is 0 Å². The Morgan fingerprint density at radius 2 is 1.84 bits per heavy atom. The molecule has 0 bridgehead atoms. The van der Waals surface area contributed by atoms with Gasteiger partial charge in [-0.1, -0.05) is 54.5 Å². The fraction of sp³-hybridized carbons (Fsp3) is 0.286. The third-order valence-electron chi connectivity index (χ3n) is 4.26. The van der Waals surface area contributed by atoms with Gasteiger partial charge in [-0.05, 0) is 17.7 Å². The van der Waals surface area contributed by atoms with E-state index in [0.717, 1.165) is 11.1 Å². The maximum atomic E-state index is 12.5. The number of benzene rings is 2. The highest BCUT2D eigenvalue weighted by atomic mass is 16.5. The van der Waals surface area contributed by atoms with Crippen molar-refractivity contribution in [2.45, 2.75) is 18.6 Å². The van der Waals surface area contributed by atoms with Crippen LogP contribution in [0, 0.1) is 11.8 Å². The van der Waals surface area contributed by atoms with Gasteiger partial charge in [0.25, 0.3) is 5.91 Å². The molecule has 0 saturated carbocycles. The Balaban J connectivity index is 1.68. The SMILES string of the molecule is O=C(C#Cc1ccccc1)N1CCOCC1CC(O)c1ccccc1. The van der Waals surface area contributed by atoms with Crippen LogP contribution >= 0.6 is 0 Å². The number of morpholine rings is 1. The van der Waals surface area contributed by atoms with Crippen molar-refractivity contribution in [2.24, 2.45) is 0 Å². The van der Waals surface area contributed by atoms with E-state index in [1.807, 2.05) is 60.7 Å². The minimum atomic E-state index is -0.634. The summed E-state index contributed by atoms with van der Waals surface area (Å²) < 4.78 is 5.51. The lowest BCUT2D eigenvalue weighted by Gasteiger charge is -2.35. The minimum absolute atomic E-state index is 0.179. The number of aliphatic hydroxyl groups excluding tert-OH is 1. The number of amides is 1. The Morgan fingerprint density at radius 1 is 1.16 bits per heavy atom. The zero-order chi connectivity index (χ0) is 17.5. The van der Waals surface area contributed by atoms with Crippen molar-refractivity contribution in [1.82, 2.24) is 4.90 Å². The molecule has 128 valence electrons. The Morgan fingerprint density at radius 3 is 2.56 bits per heavy atom. The number of rotatable bonds is 3. The van der Waals surface area contributed by atoms with Gasteiger partial charge < -0.3 is 14.7 Å². The molecule has 1 N–H and O–H groups in total. The molecule has 4 nitrogen and oxygen atoms in total. The predicted molar refractivity (Wildman–Crippen MR) is 95.7 cm³/mol. The zero-order valence-corrected chi connectivity index (χ0v) is 14.0. The molecule has 0 aromatic heterocycles. The first-order valence-corrected chi connectivity index (χ1v) is 8.42. The van der Waals surface area contributed by atoms with Gasteiger partial charge in [0.15, 0.2) is 0 Å². The van der Waals surface area contributed by atoms with E-state index in [4.69, 9.17) is 4.74 Å². The van der Waals surface area contributed by atoms with Gasteiger partial charge in [-0.15, -0.1) is 0 Å². The molecule has 1 aliphatic heterocycles. The Kier molecular flexibility index (Phi) is 5.84. The van der Waals surface area contributed by atoms with Crippen molar-refractivity contribution in [3.8, 4) is 11.8 Å². The van der Waals surface area contributed by atoms with Crippen LogP contribution in [-0.2, 0) is 9.53 Å². The molecule has 0 aliphatic carbocycles. The molecule has 25 heavy (non-hydrogen) atoms. The van der Waals surface area contributed by atoms with Gasteiger partial charge in [-0.2, -0.15) is 0 Å². The summed E-state index contributed by atoms with van der Waals surface area (Å²) in [5.41, 5.74) is 1.65. The fourth-order valence-corrected chi connectivity index (χ4v) is 2.91. The molecule has 1 fully saturated rings. The second-order valence-corrected chi connectivity index (χ2v) is 6.01. The molecule has 2 unspecified atom stereocenters. The molecule has 0 spiro atoms. The van der Waals surface area contributed by atoms with Crippen LogP contribution in [-0.4, -0.2) is 41.7 Å². The van der Waals surface area contributed by atoms with Crippen LogP contribution in [0.15, 0.2) is 60.7 Å². The van der Waals surface area contributed by atoms with Gasteiger partial charge in [-0.25, -0.2) is 0 Å². The van der Waals surface area contributed by atoms with Crippen molar-refractivity contribution in [3.05, 3.63) is 71.8 Å².